The Balaban J connectivity index is 1.31. The standard InChI is InChI=1S/C21H29N5O2/c1-2-15-11-16(28-10-6-14-4-8-27-9-5-14)12-17(15)21-25-24-19-13-23-20-18(26(19)21)3-7-22-20/h3,7,13-17,22H,2,4-6,8-12H2,1H3/t15-,16+,17+/m1/s1. The quantitative estimate of drug-likeness (QED) is 0.702. The van der Waals surface area contributed by atoms with Gasteiger partial charge in [0.15, 0.2) is 11.3 Å². The second-order valence-corrected chi connectivity index (χ2v) is 8.30. The molecule has 4 heterocycles. The van der Waals surface area contributed by atoms with Crippen LogP contribution in [0.15, 0.2) is 18.5 Å². The molecule has 5 rings (SSSR count). The number of H-pyrrole nitrogens is 1. The van der Waals surface area contributed by atoms with Crippen LogP contribution in [-0.2, 0) is 9.47 Å². The van der Waals surface area contributed by atoms with Crippen LogP contribution >= 0.6 is 0 Å². The number of aromatic nitrogens is 5. The minimum Gasteiger partial charge on any atom is -0.381 e. The number of ether oxygens (including phenoxy) is 2. The summed E-state index contributed by atoms with van der Waals surface area (Å²) in [7, 11) is 0. The maximum atomic E-state index is 6.33. The SMILES string of the molecule is CC[C@@H]1C[C@H](OCCC2CCOCC2)C[C@@H]1c1nnc2cnc3[nH]ccc3n12. The summed E-state index contributed by atoms with van der Waals surface area (Å²) in [6.07, 6.45) is 10.9. The van der Waals surface area contributed by atoms with Gasteiger partial charge in [-0.05, 0) is 50.0 Å². The molecule has 0 amide bonds. The predicted octanol–water partition coefficient (Wildman–Crippen LogP) is 3.71. The van der Waals surface area contributed by atoms with Crippen molar-refractivity contribution in [2.24, 2.45) is 11.8 Å². The average Bonchev–Trinajstić information content (AvgIpc) is 3.45. The summed E-state index contributed by atoms with van der Waals surface area (Å²) in [6, 6.07) is 2.06. The molecule has 0 unspecified atom stereocenters. The topological polar surface area (TPSA) is 77.3 Å². The van der Waals surface area contributed by atoms with E-state index in [-0.39, 0.29) is 0 Å². The van der Waals surface area contributed by atoms with Crippen molar-refractivity contribution in [1.82, 2.24) is 24.6 Å². The highest BCUT2D eigenvalue weighted by Gasteiger charge is 2.37. The van der Waals surface area contributed by atoms with Crippen molar-refractivity contribution in [3.63, 3.8) is 0 Å². The third-order valence-corrected chi connectivity index (χ3v) is 6.70. The van der Waals surface area contributed by atoms with E-state index in [9.17, 15) is 0 Å². The first-order chi connectivity index (χ1) is 13.8. The second-order valence-electron chi connectivity index (χ2n) is 8.30. The van der Waals surface area contributed by atoms with Gasteiger partial charge in [-0.15, -0.1) is 10.2 Å². The monoisotopic (exact) mass is 383 g/mol. The van der Waals surface area contributed by atoms with Crippen molar-refractivity contribution in [2.45, 2.75) is 57.5 Å². The molecule has 3 atom stereocenters. The van der Waals surface area contributed by atoms with Crippen LogP contribution in [0.3, 0.4) is 0 Å². The van der Waals surface area contributed by atoms with Crippen LogP contribution in [0.25, 0.3) is 16.8 Å². The van der Waals surface area contributed by atoms with E-state index in [4.69, 9.17) is 9.47 Å². The summed E-state index contributed by atoms with van der Waals surface area (Å²) < 4.78 is 14.0. The largest absolute Gasteiger partial charge is 0.381 e. The number of aromatic amines is 1. The molecular formula is C21H29N5O2. The van der Waals surface area contributed by atoms with Gasteiger partial charge in [0, 0.05) is 31.9 Å². The van der Waals surface area contributed by atoms with Crippen LogP contribution < -0.4 is 0 Å². The first-order valence-electron chi connectivity index (χ1n) is 10.7. The molecule has 2 fully saturated rings. The Kier molecular flexibility index (Phi) is 5.03. The molecule has 1 aliphatic carbocycles. The number of hydrogen-bond donors (Lipinski definition) is 1. The Hall–Kier alpha value is -1.99. The highest BCUT2D eigenvalue weighted by molar-refractivity contribution is 5.74. The maximum absolute atomic E-state index is 6.33. The highest BCUT2D eigenvalue weighted by atomic mass is 16.5. The van der Waals surface area contributed by atoms with E-state index in [1.54, 1.807) is 6.20 Å². The minimum atomic E-state index is 0.325. The zero-order valence-corrected chi connectivity index (χ0v) is 16.5. The summed E-state index contributed by atoms with van der Waals surface area (Å²) in [4.78, 5) is 7.63. The molecule has 2 aliphatic rings. The van der Waals surface area contributed by atoms with E-state index in [0.29, 0.717) is 17.9 Å². The molecule has 1 N–H and O–H groups in total. The third-order valence-electron chi connectivity index (χ3n) is 6.70. The van der Waals surface area contributed by atoms with Crippen LogP contribution in [-0.4, -0.2) is 50.5 Å². The Morgan fingerprint density at radius 2 is 2.14 bits per heavy atom. The summed E-state index contributed by atoms with van der Waals surface area (Å²) in [6.45, 7) is 4.97. The minimum absolute atomic E-state index is 0.325. The fourth-order valence-electron chi connectivity index (χ4n) is 5.05. The lowest BCUT2D eigenvalue weighted by atomic mass is 9.93. The first kappa shape index (κ1) is 18.1. The molecule has 0 aromatic carbocycles. The van der Waals surface area contributed by atoms with Gasteiger partial charge in [0.1, 0.15) is 5.82 Å². The lowest BCUT2D eigenvalue weighted by Crippen LogP contribution is -2.19. The van der Waals surface area contributed by atoms with Crippen molar-refractivity contribution in [3.05, 3.63) is 24.3 Å². The Labute approximate surface area is 164 Å². The lowest BCUT2D eigenvalue weighted by molar-refractivity contribution is 0.0222. The second kappa shape index (κ2) is 7.79. The van der Waals surface area contributed by atoms with E-state index < -0.39 is 0 Å². The number of nitrogens with one attached hydrogen (secondary N) is 1. The van der Waals surface area contributed by atoms with Crippen molar-refractivity contribution in [1.29, 1.82) is 0 Å². The highest BCUT2D eigenvalue weighted by Crippen LogP contribution is 2.42. The number of rotatable bonds is 6. The molecule has 3 aromatic heterocycles. The molecule has 1 saturated heterocycles. The Morgan fingerprint density at radius 3 is 3.00 bits per heavy atom. The number of hydrogen-bond acceptors (Lipinski definition) is 5. The van der Waals surface area contributed by atoms with Crippen LogP contribution in [0.4, 0.5) is 0 Å². The van der Waals surface area contributed by atoms with Gasteiger partial charge < -0.3 is 14.5 Å². The molecule has 150 valence electrons. The lowest BCUT2D eigenvalue weighted by Gasteiger charge is -2.22. The molecule has 7 nitrogen and oxygen atoms in total. The van der Waals surface area contributed by atoms with Gasteiger partial charge >= 0.3 is 0 Å². The summed E-state index contributed by atoms with van der Waals surface area (Å²) in [5.74, 6) is 2.79. The molecule has 0 spiro atoms. The van der Waals surface area contributed by atoms with Gasteiger partial charge in [-0.3, -0.25) is 4.40 Å². The van der Waals surface area contributed by atoms with Crippen molar-refractivity contribution in [2.75, 3.05) is 19.8 Å². The molecule has 28 heavy (non-hydrogen) atoms. The molecule has 0 radical (unpaired) electrons. The van der Waals surface area contributed by atoms with Crippen molar-refractivity contribution < 1.29 is 9.47 Å². The fraction of sp³-hybridized carbons (Fsp3) is 0.667. The van der Waals surface area contributed by atoms with Crippen LogP contribution in [0.2, 0.25) is 0 Å². The summed E-state index contributed by atoms with van der Waals surface area (Å²) in [5, 5.41) is 8.98. The van der Waals surface area contributed by atoms with Gasteiger partial charge in [-0.2, -0.15) is 0 Å². The van der Waals surface area contributed by atoms with Gasteiger partial charge in [0.2, 0.25) is 0 Å². The molecule has 1 saturated carbocycles. The third kappa shape index (κ3) is 3.31. The Bertz CT molecular complexity index is 929. The van der Waals surface area contributed by atoms with Crippen molar-refractivity contribution >= 4 is 16.8 Å². The molecule has 0 bridgehead atoms. The summed E-state index contributed by atoms with van der Waals surface area (Å²) >= 11 is 0. The van der Waals surface area contributed by atoms with E-state index >= 15 is 0 Å². The van der Waals surface area contributed by atoms with Gasteiger partial charge in [0.25, 0.3) is 0 Å². The zero-order chi connectivity index (χ0) is 18.9. The van der Waals surface area contributed by atoms with E-state index in [0.717, 1.165) is 74.1 Å². The summed E-state index contributed by atoms with van der Waals surface area (Å²) in [5.41, 5.74) is 2.75. The molecule has 7 heteroatoms. The van der Waals surface area contributed by atoms with E-state index in [1.807, 2.05) is 6.20 Å². The van der Waals surface area contributed by atoms with E-state index in [1.165, 1.54) is 12.8 Å². The van der Waals surface area contributed by atoms with Gasteiger partial charge in [0.05, 0.1) is 17.8 Å². The maximum Gasteiger partial charge on any atom is 0.179 e. The zero-order valence-electron chi connectivity index (χ0n) is 16.5. The smallest absolute Gasteiger partial charge is 0.179 e. The predicted molar refractivity (Wildman–Crippen MR) is 106 cm³/mol. The molecule has 3 aromatic rings. The van der Waals surface area contributed by atoms with Crippen LogP contribution in [0, 0.1) is 11.8 Å². The van der Waals surface area contributed by atoms with Gasteiger partial charge in [-0.25, -0.2) is 4.98 Å². The Morgan fingerprint density at radius 1 is 1.25 bits per heavy atom. The number of nitrogens with zero attached hydrogens (tertiary/aromatic N) is 4. The number of fused-ring (bicyclic) bond motifs is 3. The average molecular weight is 383 g/mol. The van der Waals surface area contributed by atoms with Gasteiger partial charge in [-0.1, -0.05) is 13.3 Å². The normalized spacial score (nSPS) is 26.5. The van der Waals surface area contributed by atoms with E-state index in [2.05, 4.69) is 37.6 Å². The van der Waals surface area contributed by atoms with Crippen molar-refractivity contribution in [3.8, 4) is 0 Å². The molecule has 1 aliphatic heterocycles. The van der Waals surface area contributed by atoms with Crippen LogP contribution in [0.5, 0.6) is 0 Å². The molecular weight excluding hydrogens is 354 g/mol. The fourth-order valence-corrected chi connectivity index (χ4v) is 5.05. The van der Waals surface area contributed by atoms with Crippen LogP contribution in [0.1, 0.15) is 57.2 Å². The first-order valence-corrected chi connectivity index (χ1v) is 10.7.